The van der Waals surface area contributed by atoms with Crippen LogP contribution in [0.5, 0.6) is 0 Å². The Morgan fingerprint density at radius 1 is 1.35 bits per heavy atom. The molecule has 1 aliphatic rings. The van der Waals surface area contributed by atoms with Crippen LogP contribution in [0.15, 0.2) is 30.3 Å². The Morgan fingerprint density at radius 3 is 2.85 bits per heavy atom. The van der Waals surface area contributed by atoms with Gasteiger partial charge in [0.2, 0.25) is 0 Å². The maximum absolute atomic E-state index is 12.2. The molecule has 20 heavy (non-hydrogen) atoms. The van der Waals surface area contributed by atoms with E-state index in [2.05, 4.69) is 18.3 Å². The van der Waals surface area contributed by atoms with Crippen LogP contribution < -0.4 is 5.32 Å². The van der Waals surface area contributed by atoms with Gasteiger partial charge in [0.1, 0.15) is 0 Å². The Bertz CT molecular complexity index is 632. The summed E-state index contributed by atoms with van der Waals surface area (Å²) in [5.41, 5.74) is 2.04. The van der Waals surface area contributed by atoms with Gasteiger partial charge in [-0.1, -0.05) is 18.5 Å². The van der Waals surface area contributed by atoms with Gasteiger partial charge in [0, 0.05) is 15.5 Å². The van der Waals surface area contributed by atoms with E-state index in [1.54, 1.807) is 35.6 Å². The molecule has 0 spiro atoms. The molecule has 1 aliphatic carbocycles. The molecule has 1 atom stereocenters. The summed E-state index contributed by atoms with van der Waals surface area (Å²) in [6.45, 7) is 2.29. The number of hydrogen-bond donors (Lipinski definition) is 1. The van der Waals surface area contributed by atoms with Gasteiger partial charge in [0.05, 0.1) is 5.00 Å². The van der Waals surface area contributed by atoms with E-state index in [0.717, 1.165) is 23.8 Å². The van der Waals surface area contributed by atoms with Crippen LogP contribution in [-0.2, 0) is 12.8 Å². The number of hydrogen-bond acceptors (Lipinski definition) is 2. The average Bonchev–Trinajstić information content (AvgIpc) is 2.80. The zero-order valence-corrected chi connectivity index (χ0v) is 12.9. The van der Waals surface area contributed by atoms with E-state index in [1.807, 2.05) is 0 Å². The minimum Gasteiger partial charge on any atom is -0.314 e. The summed E-state index contributed by atoms with van der Waals surface area (Å²) in [4.78, 5) is 13.6. The minimum absolute atomic E-state index is 0.0756. The Balaban J connectivity index is 1.75. The van der Waals surface area contributed by atoms with Crippen LogP contribution in [0.25, 0.3) is 0 Å². The lowest BCUT2D eigenvalue weighted by Crippen LogP contribution is -2.10. The van der Waals surface area contributed by atoms with E-state index in [-0.39, 0.29) is 5.91 Å². The van der Waals surface area contributed by atoms with E-state index < -0.39 is 0 Å². The lowest BCUT2D eigenvalue weighted by Gasteiger charge is -2.16. The molecular formula is C16H16ClNOS. The number of benzene rings is 1. The van der Waals surface area contributed by atoms with Gasteiger partial charge in [-0.25, -0.2) is 0 Å². The predicted octanol–water partition coefficient (Wildman–Crippen LogP) is 4.78. The fraction of sp³-hybridized carbons (Fsp3) is 0.312. The van der Waals surface area contributed by atoms with E-state index >= 15 is 0 Å². The second-order valence-corrected chi connectivity index (χ2v) is 6.94. The largest absolute Gasteiger partial charge is 0.314 e. The smallest absolute Gasteiger partial charge is 0.256 e. The third kappa shape index (κ3) is 2.89. The zero-order valence-electron chi connectivity index (χ0n) is 11.3. The molecule has 0 aliphatic heterocycles. The van der Waals surface area contributed by atoms with Crippen LogP contribution in [0.2, 0.25) is 5.02 Å². The fourth-order valence-electron chi connectivity index (χ4n) is 2.52. The molecule has 1 N–H and O–H groups in total. The third-order valence-electron chi connectivity index (χ3n) is 3.68. The van der Waals surface area contributed by atoms with Crippen LogP contribution in [0.1, 0.15) is 34.1 Å². The molecule has 104 valence electrons. The van der Waals surface area contributed by atoms with Crippen LogP contribution in [0.4, 0.5) is 5.00 Å². The van der Waals surface area contributed by atoms with Gasteiger partial charge in [0.25, 0.3) is 5.91 Å². The summed E-state index contributed by atoms with van der Waals surface area (Å²) in [5, 5.41) is 4.58. The first-order valence-electron chi connectivity index (χ1n) is 6.80. The summed E-state index contributed by atoms with van der Waals surface area (Å²) >= 11 is 7.54. The molecule has 2 aromatic rings. The SMILES string of the molecule is C[C@H]1CCc2cc(NC(=O)c3ccc(Cl)cc3)sc2C1. The normalized spacial score (nSPS) is 17.6. The number of anilines is 1. The van der Waals surface area contributed by atoms with Crippen molar-refractivity contribution in [2.75, 3.05) is 5.32 Å². The summed E-state index contributed by atoms with van der Waals surface area (Å²) in [6, 6.07) is 9.08. The van der Waals surface area contributed by atoms with E-state index in [1.165, 1.54) is 16.9 Å². The van der Waals surface area contributed by atoms with Crippen molar-refractivity contribution < 1.29 is 4.79 Å². The quantitative estimate of drug-likeness (QED) is 0.850. The minimum atomic E-state index is -0.0756. The molecule has 0 radical (unpaired) electrons. The van der Waals surface area contributed by atoms with Gasteiger partial charge >= 0.3 is 0 Å². The third-order valence-corrected chi connectivity index (χ3v) is 5.05. The van der Waals surface area contributed by atoms with E-state index in [0.29, 0.717) is 10.6 Å². The molecule has 3 rings (SSSR count). The Hall–Kier alpha value is -1.32. The average molecular weight is 306 g/mol. The molecule has 1 heterocycles. The van der Waals surface area contributed by atoms with Crippen molar-refractivity contribution in [3.05, 3.63) is 51.4 Å². The highest BCUT2D eigenvalue weighted by Crippen LogP contribution is 2.35. The monoisotopic (exact) mass is 305 g/mol. The standard InChI is InChI=1S/C16H16ClNOS/c1-10-2-3-12-9-15(20-14(12)8-10)18-16(19)11-4-6-13(17)7-5-11/h4-7,9-10H,2-3,8H2,1H3,(H,18,19)/t10-/m0/s1. The summed E-state index contributed by atoms with van der Waals surface area (Å²) in [6.07, 6.45) is 3.51. The summed E-state index contributed by atoms with van der Waals surface area (Å²) in [5.74, 6) is 0.675. The topological polar surface area (TPSA) is 29.1 Å². The molecule has 0 saturated heterocycles. The molecule has 2 nitrogen and oxygen atoms in total. The van der Waals surface area contributed by atoms with Gasteiger partial charge in [0.15, 0.2) is 0 Å². The molecule has 4 heteroatoms. The lowest BCUT2D eigenvalue weighted by molar-refractivity contribution is 0.102. The number of aryl methyl sites for hydroxylation is 1. The zero-order chi connectivity index (χ0) is 14.1. The first-order chi connectivity index (χ1) is 9.61. The Labute approximate surface area is 127 Å². The summed E-state index contributed by atoms with van der Waals surface area (Å²) < 4.78 is 0. The molecule has 0 fully saturated rings. The Morgan fingerprint density at radius 2 is 2.10 bits per heavy atom. The maximum Gasteiger partial charge on any atom is 0.256 e. The molecular weight excluding hydrogens is 290 g/mol. The van der Waals surface area contributed by atoms with Crippen molar-refractivity contribution in [2.24, 2.45) is 5.92 Å². The molecule has 1 amide bonds. The first kappa shape index (κ1) is 13.7. The fourth-order valence-corrected chi connectivity index (χ4v) is 3.91. The number of carbonyl (C=O) groups is 1. The van der Waals surface area contributed by atoms with Gasteiger partial charge < -0.3 is 5.32 Å². The van der Waals surface area contributed by atoms with Crippen LogP contribution >= 0.6 is 22.9 Å². The van der Waals surface area contributed by atoms with Gasteiger partial charge in [-0.05, 0) is 61.1 Å². The highest BCUT2D eigenvalue weighted by molar-refractivity contribution is 7.16. The molecule has 0 saturated carbocycles. The van der Waals surface area contributed by atoms with E-state index in [4.69, 9.17) is 11.6 Å². The lowest BCUT2D eigenvalue weighted by atomic mass is 9.91. The summed E-state index contributed by atoms with van der Waals surface area (Å²) in [7, 11) is 0. The number of thiophene rings is 1. The number of amides is 1. The molecule has 1 aromatic carbocycles. The van der Waals surface area contributed by atoms with Crippen molar-refractivity contribution in [2.45, 2.75) is 26.2 Å². The van der Waals surface area contributed by atoms with Crippen molar-refractivity contribution in [3.63, 3.8) is 0 Å². The van der Waals surface area contributed by atoms with Crippen molar-refractivity contribution in [3.8, 4) is 0 Å². The Kier molecular flexibility index (Phi) is 3.81. The van der Waals surface area contributed by atoms with Gasteiger partial charge in [-0.15, -0.1) is 11.3 Å². The highest BCUT2D eigenvalue weighted by atomic mass is 35.5. The number of carbonyl (C=O) groups excluding carboxylic acids is 1. The second-order valence-electron chi connectivity index (χ2n) is 5.37. The molecule has 0 bridgehead atoms. The van der Waals surface area contributed by atoms with Crippen molar-refractivity contribution >= 4 is 33.8 Å². The predicted molar refractivity (Wildman–Crippen MR) is 84.9 cm³/mol. The second kappa shape index (κ2) is 5.58. The van der Waals surface area contributed by atoms with Crippen LogP contribution in [0, 0.1) is 5.92 Å². The van der Waals surface area contributed by atoms with Crippen LogP contribution in [-0.4, -0.2) is 5.91 Å². The highest BCUT2D eigenvalue weighted by Gasteiger charge is 2.19. The molecule has 1 aromatic heterocycles. The molecule has 0 unspecified atom stereocenters. The van der Waals surface area contributed by atoms with Crippen molar-refractivity contribution in [1.82, 2.24) is 0 Å². The maximum atomic E-state index is 12.2. The number of nitrogens with one attached hydrogen (secondary N) is 1. The van der Waals surface area contributed by atoms with Gasteiger partial charge in [-0.3, -0.25) is 4.79 Å². The number of fused-ring (bicyclic) bond motifs is 1. The van der Waals surface area contributed by atoms with Crippen molar-refractivity contribution in [1.29, 1.82) is 0 Å². The van der Waals surface area contributed by atoms with E-state index in [9.17, 15) is 4.79 Å². The van der Waals surface area contributed by atoms with Gasteiger partial charge in [-0.2, -0.15) is 0 Å². The number of rotatable bonds is 2. The first-order valence-corrected chi connectivity index (χ1v) is 8.00. The number of halogens is 1. The van der Waals surface area contributed by atoms with Crippen LogP contribution in [0.3, 0.4) is 0 Å².